The van der Waals surface area contributed by atoms with Crippen molar-refractivity contribution in [2.45, 2.75) is 58.5 Å². The Labute approximate surface area is 142 Å². The molecule has 2 saturated heterocycles. The smallest absolute Gasteiger partial charge is 0.191 e. The second-order valence-corrected chi connectivity index (χ2v) is 7.54. The fourth-order valence-electron chi connectivity index (χ4n) is 3.72. The minimum absolute atomic E-state index is 0.567. The molecular formula is C18H37N5. The lowest BCUT2D eigenvalue weighted by Gasteiger charge is -2.35. The highest BCUT2D eigenvalue weighted by molar-refractivity contribution is 5.80. The van der Waals surface area contributed by atoms with Crippen LogP contribution in [0.15, 0.2) is 4.99 Å². The van der Waals surface area contributed by atoms with Crippen molar-refractivity contribution in [2.75, 3.05) is 46.3 Å². The standard InChI is InChI=1S/C18H37N5/c1-5-19-18(20-13-16-7-6-10-22(4)14-16)21-17-8-11-23(12-9-17)15(2)3/h15-17H,5-14H2,1-4H3,(H2,19,20,21). The zero-order chi connectivity index (χ0) is 16.7. The van der Waals surface area contributed by atoms with Gasteiger partial charge in [0.05, 0.1) is 0 Å². The van der Waals surface area contributed by atoms with Gasteiger partial charge < -0.3 is 20.4 Å². The molecule has 5 nitrogen and oxygen atoms in total. The van der Waals surface area contributed by atoms with Crippen LogP contribution >= 0.6 is 0 Å². The van der Waals surface area contributed by atoms with Crippen LogP contribution in [0.5, 0.6) is 0 Å². The van der Waals surface area contributed by atoms with Gasteiger partial charge in [0.25, 0.3) is 0 Å². The Bertz CT molecular complexity index is 360. The first kappa shape index (κ1) is 18.5. The minimum atomic E-state index is 0.567. The number of piperidine rings is 2. The van der Waals surface area contributed by atoms with Crippen LogP contribution < -0.4 is 10.6 Å². The van der Waals surface area contributed by atoms with Crippen LogP contribution in [-0.2, 0) is 0 Å². The van der Waals surface area contributed by atoms with Gasteiger partial charge >= 0.3 is 0 Å². The monoisotopic (exact) mass is 323 g/mol. The highest BCUT2D eigenvalue weighted by atomic mass is 15.2. The topological polar surface area (TPSA) is 42.9 Å². The molecule has 5 heteroatoms. The van der Waals surface area contributed by atoms with E-state index < -0.39 is 0 Å². The molecule has 0 bridgehead atoms. The number of guanidine groups is 1. The molecule has 0 radical (unpaired) electrons. The molecule has 0 aliphatic carbocycles. The maximum atomic E-state index is 4.87. The molecule has 2 fully saturated rings. The third-order valence-electron chi connectivity index (χ3n) is 5.17. The van der Waals surface area contributed by atoms with Crippen molar-refractivity contribution in [2.24, 2.45) is 10.9 Å². The maximum Gasteiger partial charge on any atom is 0.191 e. The highest BCUT2D eigenvalue weighted by Crippen LogP contribution is 2.15. The van der Waals surface area contributed by atoms with Crippen molar-refractivity contribution in [3.05, 3.63) is 0 Å². The van der Waals surface area contributed by atoms with Gasteiger partial charge in [-0.1, -0.05) is 0 Å². The first-order valence-corrected chi connectivity index (χ1v) is 9.56. The summed E-state index contributed by atoms with van der Waals surface area (Å²) in [4.78, 5) is 9.88. The first-order valence-electron chi connectivity index (χ1n) is 9.56. The van der Waals surface area contributed by atoms with E-state index in [0.717, 1.165) is 19.0 Å². The van der Waals surface area contributed by atoms with Crippen molar-refractivity contribution in [3.8, 4) is 0 Å². The molecule has 2 N–H and O–H groups in total. The summed E-state index contributed by atoms with van der Waals surface area (Å²) in [7, 11) is 2.22. The van der Waals surface area contributed by atoms with Crippen LogP contribution in [0.25, 0.3) is 0 Å². The van der Waals surface area contributed by atoms with E-state index in [4.69, 9.17) is 4.99 Å². The van der Waals surface area contributed by atoms with Crippen molar-refractivity contribution >= 4 is 5.96 Å². The van der Waals surface area contributed by atoms with Gasteiger partial charge in [0.15, 0.2) is 5.96 Å². The molecule has 1 atom stereocenters. The average Bonchev–Trinajstić information content (AvgIpc) is 2.53. The zero-order valence-corrected chi connectivity index (χ0v) is 15.6. The Morgan fingerprint density at radius 3 is 2.52 bits per heavy atom. The Kier molecular flexibility index (Phi) is 7.63. The molecule has 2 heterocycles. The summed E-state index contributed by atoms with van der Waals surface area (Å²) in [5.74, 6) is 1.73. The predicted octanol–water partition coefficient (Wildman–Crippen LogP) is 1.76. The average molecular weight is 324 g/mol. The molecule has 0 aromatic carbocycles. The second-order valence-electron chi connectivity index (χ2n) is 7.54. The third kappa shape index (κ3) is 6.30. The van der Waals surface area contributed by atoms with Crippen molar-refractivity contribution in [1.29, 1.82) is 0 Å². The van der Waals surface area contributed by atoms with E-state index in [9.17, 15) is 0 Å². The Morgan fingerprint density at radius 1 is 1.17 bits per heavy atom. The Morgan fingerprint density at radius 2 is 1.91 bits per heavy atom. The molecule has 0 spiro atoms. The van der Waals surface area contributed by atoms with Gasteiger partial charge in [-0.3, -0.25) is 4.99 Å². The van der Waals surface area contributed by atoms with Gasteiger partial charge in [-0.15, -0.1) is 0 Å². The number of likely N-dealkylation sites (tertiary alicyclic amines) is 2. The van der Waals surface area contributed by atoms with Gasteiger partial charge in [-0.25, -0.2) is 0 Å². The molecular weight excluding hydrogens is 286 g/mol. The second kappa shape index (κ2) is 9.48. The van der Waals surface area contributed by atoms with Gasteiger partial charge in [-0.2, -0.15) is 0 Å². The fraction of sp³-hybridized carbons (Fsp3) is 0.944. The normalized spacial score (nSPS) is 25.8. The highest BCUT2D eigenvalue weighted by Gasteiger charge is 2.22. The molecule has 0 aromatic heterocycles. The Hall–Kier alpha value is -0.810. The molecule has 2 aliphatic rings. The predicted molar refractivity (Wildman–Crippen MR) is 99.1 cm³/mol. The van der Waals surface area contributed by atoms with Gasteiger partial charge in [0, 0.05) is 44.8 Å². The van der Waals surface area contributed by atoms with Crippen LogP contribution in [0.2, 0.25) is 0 Å². The maximum absolute atomic E-state index is 4.87. The van der Waals surface area contributed by atoms with E-state index in [-0.39, 0.29) is 0 Å². The lowest BCUT2D eigenvalue weighted by molar-refractivity contribution is 0.167. The SMILES string of the molecule is CCNC(=NCC1CCCN(C)C1)NC1CCN(C(C)C)CC1. The summed E-state index contributed by atoms with van der Waals surface area (Å²) in [6.45, 7) is 13.4. The van der Waals surface area contributed by atoms with E-state index >= 15 is 0 Å². The van der Waals surface area contributed by atoms with E-state index in [1.54, 1.807) is 0 Å². The summed E-state index contributed by atoms with van der Waals surface area (Å²) < 4.78 is 0. The lowest BCUT2D eigenvalue weighted by atomic mass is 9.99. The zero-order valence-electron chi connectivity index (χ0n) is 15.6. The van der Waals surface area contributed by atoms with E-state index in [0.29, 0.717) is 18.0 Å². The number of nitrogens with one attached hydrogen (secondary N) is 2. The van der Waals surface area contributed by atoms with Crippen molar-refractivity contribution in [1.82, 2.24) is 20.4 Å². The van der Waals surface area contributed by atoms with Crippen LogP contribution in [0.3, 0.4) is 0 Å². The van der Waals surface area contributed by atoms with Crippen molar-refractivity contribution < 1.29 is 0 Å². The third-order valence-corrected chi connectivity index (χ3v) is 5.17. The summed E-state index contributed by atoms with van der Waals surface area (Å²) >= 11 is 0. The van der Waals surface area contributed by atoms with E-state index in [2.05, 4.69) is 48.3 Å². The molecule has 0 saturated carbocycles. The molecule has 0 aromatic rings. The summed E-state index contributed by atoms with van der Waals surface area (Å²) in [6, 6.07) is 1.23. The Balaban J connectivity index is 1.80. The summed E-state index contributed by atoms with van der Waals surface area (Å²) in [6.07, 6.45) is 5.07. The number of nitrogens with zero attached hydrogens (tertiary/aromatic N) is 3. The van der Waals surface area contributed by atoms with E-state index in [1.807, 2.05) is 0 Å². The minimum Gasteiger partial charge on any atom is -0.357 e. The number of aliphatic imine (C=N–C) groups is 1. The van der Waals surface area contributed by atoms with Crippen LogP contribution in [0.4, 0.5) is 0 Å². The van der Waals surface area contributed by atoms with Crippen LogP contribution in [-0.4, -0.2) is 74.2 Å². The quantitative estimate of drug-likeness (QED) is 0.598. The summed E-state index contributed by atoms with van der Waals surface area (Å²) in [5.41, 5.74) is 0. The molecule has 0 amide bonds. The van der Waals surface area contributed by atoms with Crippen LogP contribution in [0, 0.1) is 5.92 Å². The van der Waals surface area contributed by atoms with Crippen LogP contribution in [0.1, 0.15) is 46.5 Å². The molecule has 1 unspecified atom stereocenters. The van der Waals surface area contributed by atoms with Crippen molar-refractivity contribution in [3.63, 3.8) is 0 Å². The number of rotatable bonds is 5. The molecule has 23 heavy (non-hydrogen) atoms. The fourth-order valence-corrected chi connectivity index (χ4v) is 3.72. The first-order chi connectivity index (χ1) is 11.1. The number of hydrogen-bond donors (Lipinski definition) is 2. The lowest BCUT2D eigenvalue weighted by Crippen LogP contribution is -2.50. The molecule has 134 valence electrons. The largest absolute Gasteiger partial charge is 0.357 e. The van der Waals surface area contributed by atoms with Gasteiger partial charge in [0.1, 0.15) is 0 Å². The van der Waals surface area contributed by atoms with Gasteiger partial charge in [-0.05, 0) is 66.0 Å². The summed E-state index contributed by atoms with van der Waals surface area (Å²) in [5, 5.41) is 7.09. The molecule has 2 rings (SSSR count). The van der Waals surface area contributed by atoms with Gasteiger partial charge in [0.2, 0.25) is 0 Å². The molecule has 2 aliphatic heterocycles. The van der Waals surface area contributed by atoms with E-state index in [1.165, 1.54) is 51.9 Å². The number of hydrogen-bond acceptors (Lipinski definition) is 3.